The third-order valence-corrected chi connectivity index (χ3v) is 6.64. The van der Waals surface area contributed by atoms with Crippen LogP contribution in [0, 0.1) is 0 Å². The number of pyridine rings is 1. The van der Waals surface area contributed by atoms with Crippen LogP contribution in [0.5, 0.6) is 17.2 Å². The Kier molecular flexibility index (Phi) is 4.99. The Labute approximate surface area is 201 Å². The van der Waals surface area contributed by atoms with Gasteiger partial charge in [0.2, 0.25) is 5.91 Å². The third-order valence-electron chi connectivity index (χ3n) is 6.31. The number of rotatable bonds is 4. The van der Waals surface area contributed by atoms with E-state index in [-0.39, 0.29) is 17.9 Å². The molecule has 0 saturated carbocycles. The van der Waals surface area contributed by atoms with Gasteiger partial charge in [-0.2, -0.15) is 0 Å². The molecule has 4 heterocycles. The first-order valence-corrected chi connectivity index (χ1v) is 11.5. The fraction of sp³-hybridized carbons (Fsp3) is 0.192. The van der Waals surface area contributed by atoms with Gasteiger partial charge < -0.3 is 19.8 Å². The molecule has 2 unspecified atom stereocenters. The van der Waals surface area contributed by atoms with Crippen LogP contribution in [0.1, 0.15) is 42.3 Å². The van der Waals surface area contributed by atoms with Crippen molar-refractivity contribution in [2.75, 3.05) is 5.32 Å². The summed E-state index contributed by atoms with van der Waals surface area (Å²) in [6.07, 6.45) is 4.21. The van der Waals surface area contributed by atoms with E-state index in [2.05, 4.69) is 27.2 Å². The molecule has 0 radical (unpaired) electrons. The predicted octanol–water partition coefficient (Wildman–Crippen LogP) is 6.04. The maximum atomic E-state index is 11.7. The maximum Gasteiger partial charge on any atom is 0.225 e. The summed E-state index contributed by atoms with van der Waals surface area (Å²) in [6.45, 7) is 2.11. The van der Waals surface area contributed by atoms with Crippen LogP contribution in [-0.2, 0) is 11.2 Å². The highest BCUT2D eigenvalue weighted by molar-refractivity contribution is 6.33. The van der Waals surface area contributed by atoms with Crippen molar-refractivity contribution in [2.45, 2.75) is 31.8 Å². The van der Waals surface area contributed by atoms with Crippen molar-refractivity contribution in [3.05, 3.63) is 82.9 Å². The minimum atomic E-state index is -0.245. The van der Waals surface area contributed by atoms with Gasteiger partial charge in [0.25, 0.3) is 0 Å². The Morgan fingerprint density at radius 3 is 2.88 bits per heavy atom. The Morgan fingerprint density at radius 1 is 1.12 bits per heavy atom. The molecule has 0 fully saturated rings. The average Bonchev–Trinajstić information content (AvgIpc) is 3.44. The number of carbonyl (C=O) groups is 1. The summed E-state index contributed by atoms with van der Waals surface area (Å²) < 4.78 is 12.5. The van der Waals surface area contributed by atoms with Gasteiger partial charge in [-0.1, -0.05) is 36.7 Å². The van der Waals surface area contributed by atoms with Gasteiger partial charge in [0, 0.05) is 40.2 Å². The van der Waals surface area contributed by atoms with Crippen LogP contribution in [0.2, 0.25) is 5.02 Å². The smallest absolute Gasteiger partial charge is 0.225 e. The van der Waals surface area contributed by atoms with E-state index in [9.17, 15) is 4.79 Å². The summed E-state index contributed by atoms with van der Waals surface area (Å²) in [7, 11) is 0. The number of anilines is 1. The number of aromatic amines is 1. The van der Waals surface area contributed by atoms with Crippen molar-refractivity contribution < 1.29 is 14.3 Å². The number of fused-ring (bicyclic) bond motifs is 2. The van der Waals surface area contributed by atoms with Crippen LogP contribution in [0.15, 0.2) is 60.9 Å². The molecule has 8 heteroatoms. The number of nitrogens with one attached hydrogen (secondary N) is 2. The second kappa shape index (κ2) is 8.18. The molecule has 2 aliphatic heterocycles. The van der Waals surface area contributed by atoms with Crippen LogP contribution in [0.25, 0.3) is 11.3 Å². The van der Waals surface area contributed by atoms with Crippen molar-refractivity contribution in [1.29, 1.82) is 0 Å². The number of hydrogen-bond acceptors (Lipinski definition) is 5. The van der Waals surface area contributed by atoms with E-state index in [1.165, 1.54) is 0 Å². The molecule has 4 aromatic rings. The standard InChI is InChI=1S/C26H21ClN4O3/c1-14-18-12-15(33-22-10-11-28-25-17(22)7-9-23(32)31-25)6-8-21(18)34-24(14)26-29-13-20(30-26)16-4-2-3-5-19(16)27/h2-6,8,10-14,24H,7,9H2,1H3,(H,29,30)(H,28,31,32). The Morgan fingerprint density at radius 2 is 2.00 bits per heavy atom. The number of amides is 1. The molecular formula is C26H21ClN4O3. The lowest BCUT2D eigenvalue weighted by Crippen LogP contribution is -2.20. The van der Waals surface area contributed by atoms with Crippen LogP contribution in [0.4, 0.5) is 5.82 Å². The van der Waals surface area contributed by atoms with E-state index >= 15 is 0 Å². The molecule has 2 N–H and O–H groups in total. The van der Waals surface area contributed by atoms with Crippen LogP contribution in [0.3, 0.4) is 0 Å². The number of aromatic nitrogens is 3. The van der Waals surface area contributed by atoms with Gasteiger partial charge >= 0.3 is 0 Å². The predicted molar refractivity (Wildman–Crippen MR) is 129 cm³/mol. The second-order valence-corrected chi connectivity index (χ2v) is 8.88. The molecule has 34 heavy (non-hydrogen) atoms. The number of hydrogen-bond donors (Lipinski definition) is 2. The molecule has 0 bridgehead atoms. The highest BCUT2D eigenvalue weighted by Crippen LogP contribution is 2.47. The Balaban J connectivity index is 1.25. The molecule has 2 aromatic carbocycles. The van der Waals surface area contributed by atoms with E-state index in [1.807, 2.05) is 48.5 Å². The highest BCUT2D eigenvalue weighted by atomic mass is 35.5. The number of ether oxygens (including phenoxy) is 2. The molecule has 170 valence electrons. The monoisotopic (exact) mass is 472 g/mol. The molecule has 0 spiro atoms. The third kappa shape index (κ3) is 3.58. The van der Waals surface area contributed by atoms with Gasteiger partial charge in [0.15, 0.2) is 6.10 Å². The van der Waals surface area contributed by atoms with Gasteiger partial charge in [-0.25, -0.2) is 9.97 Å². The van der Waals surface area contributed by atoms with Crippen LogP contribution in [-0.4, -0.2) is 20.9 Å². The summed E-state index contributed by atoms with van der Waals surface area (Å²) in [5, 5.41) is 3.47. The zero-order chi connectivity index (χ0) is 23.2. The van der Waals surface area contributed by atoms with E-state index < -0.39 is 0 Å². The summed E-state index contributed by atoms with van der Waals surface area (Å²) >= 11 is 6.35. The van der Waals surface area contributed by atoms with E-state index in [1.54, 1.807) is 12.4 Å². The van der Waals surface area contributed by atoms with Crippen molar-refractivity contribution in [1.82, 2.24) is 15.0 Å². The van der Waals surface area contributed by atoms with E-state index in [0.29, 0.717) is 35.2 Å². The lowest BCUT2D eigenvalue weighted by molar-refractivity contribution is -0.116. The van der Waals surface area contributed by atoms with Crippen molar-refractivity contribution in [3.63, 3.8) is 0 Å². The second-order valence-electron chi connectivity index (χ2n) is 8.48. The summed E-state index contributed by atoms with van der Waals surface area (Å²) in [6, 6.07) is 15.3. The quantitative estimate of drug-likeness (QED) is 0.378. The lowest BCUT2D eigenvalue weighted by Gasteiger charge is -2.19. The van der Waals surface area contributed by atoms with Crippen molar-refractivity contribution in [2.24, 2.45) is 0 Å². The number of imidazole rings is 1. The van der Waals surface area contributed by atoms with Gasteiger partial charge in [0.05, 0.1) is 11.9 Å². The number of carbonyl (C=O) groups excluding carboxylic acids is 1. The summed E-state index contributed by atoms with van der Waals surface area (Å²) in [5.74, 6) is 3.57. The molecule has 2 aliphatic rings. The fourth-order valence-electron chi connectivity index (χ4n) is 4.53. The number of benzene rings is 2. The zero-order valence-corrected chi connectivity index (χ0v) is 19.1. The van der Waals surface area contributed by atoms with E-state index in [0.717, 1.165) is 34.0 Å². The molecule has 2 atom stereocenters. The number of halogens is 1. The van der Waals surface area contributed by atoms with Crippen molar-refractivity contribution >= 4 is 23.3 Å². The number of H-pyrrole nitrogens is 1. The summed E-state index contributed by atoms with van der Waals surface area (Å²) in [5.41, 5.74) is 3.71. The molecule has 0 aliphatic carbocycles. The van der Waals surface area contributed by atoms with E-state index in [4.69, 9.17) is 21.1 Å². The minimum absolute atomic E-state index is 0.0256. The average molecular weight is 473 g/mol. The molecule has 0 saturated heterocycles. The molecule has 1 amide bonds. The largest absolute Gasteiger partial charge is 0.482 e. The SMILES string of the molecule is CC1c2cc(Oc3ccnc4c3CCC(=O)N4)ccc2OC1c1ncc(-c2ccccc2Cl)[nH]1. The highest BCUT2D eigenvalue weighted by Gasteiger charge is 2.35. The van der Waals surface area contributed by atoms with Gasteiger partial charge in [0.1, 0.15) is 28.9 Å². The Bertz CT molecular complexity index is 1420. The van der Waals surface area contributed by atoms with Gasteiger partial charge in [-0.05, 0) is 36.8 Å². The Hall–Kier alpha value is -3.84. The summed E-state index contributed by atoms with van der Waals surface area (Å²) in [4.78, 5) is 23.9. The number of nitrogens with zero attached hydrogens (tertiary/aromatic N) is 2. The zero-order valence-electron chi connectivity index (χ0n) is 18.3. The minimum Gasteiger partial charge on any atom is -0.482 e. The first-order chi connectivity index (χ1) is 16.6. The normalized spacial score (nSPS) is 18.6. The molecule has 7 nitrogen and oxygen atoms in total. The van der Waals surface area contributed by atoms with Crippen molar-refractivity contribution in [3.8, 4) is 28.5 Å². The van der Waals surface area contributed by atoms with Gasteiger partial charge in [-0.15, -0.1) is 0 Å². The maximum absolute atomic E-state index is 11.7. The molecule has 2 aromatic heterocycles. The fourth-order valence-corrected chi connectivity index (χ4v) is 4.76. The topological polar surface area (TPSA) is 89.1 Å². The van der Waals surface area contributed by atoms with Gasteiger partial charge in [-0.3, -0.25) is 4.79 Å². The molecular weight excluding hydrogens is 452 g/mol. The molecule has 6 rings (SSSR count). The lowest BCUT2D eigenvalue weighted by atomic mass is 9.97. The first kappa shape index (κ1) is 20.7. The first-order valence-electron chi connectivity index (χ1n) is 11.1. The van der Waals surface area contributed by atoms with Crippen LogP contribution < -0.4 is 14.8 Å². The van der Waals surface area contributed by atoms with Crippen LogP contribution >= 0.6 is 11.6 Å².